The summed E-state index contributed by atoms with van der Waals surface area (Å²) >= 11 is 0. The van der Waals surface area contributed by atoms with Crippen molar-refractivity contribution in [3.05, 3.63) is 42.0 Å². The van der Waals surface area contributed by atoms with Crippen LogP contribution >= 0.6 is 0 Å². The highest BCUT2D eigenvalue weighted by Gasteiger charge is 2.14. The Hall–Kier alpha value is -2.07. The Morgan fingerprint density at radius 3 is 2.60 bits per heavy atom. The number of ether oxygens (including phenoxy) is 2. The highest BCUT2D eigenvalue weighted by Crippen LogP contribution is 2.29. The molecule has 0 radical (unpaired) electrons. The van der Waals surface area contributed by atoms with Gasteiger partial charge in [-0.2, -0.15) is 0 Å². The summed E-state index contributed by atoms with van der Waals surface area (Å²) in [4.78, 5) is 11.3. The summed E-state index contributed by atoms with van der Waals surface area (Å²) in [5.74, 6) is -0.585. The second-order valence-electron chi connectivity index (χ2n) is 4.74. The van der Waals surface area contributed by atoms with Gasteiger partial charge < -0.3 is 14.6 Å². The van der Waals surface area contributed by atoms with E-state index in [1.54, 1.807) is 12.1 Å². The van der Waals surface area contributed by atoms with Crippen molar-refractivity contribution in [3.63, 3.8) is 0 Å². The average Bonchev–Trinajstić information content (AvgIpc) is 2.42. The number of carbonyl (C=O) groups is 1. The van der Waals surface area contributed by atoms with Crippen LogP contribution in [0.5, 0.6) is 5.75 Å². The molecule has 2 aromatic carbocycles. The number of benzene rings is 2. The monoisotopic (exact) mass is 274 g/mol. The van der Waals surface area contributed by atoms with Crippen LogP contribution in [0.15, 0.2) is 36.4 Å². The average molecular weight is 274 g/mol. The predicted molar refractivity (Wildman–Crippen MR) is 77.5 cm³/mol. The Labute approximate surface area is 117 Å². The van der Waals surface area contributed by atoms with E-state index in [-0.39, 0.29) is 11.7 Å². The Morgan fingerprint density at radius 2 is 1.90 bits per heavy atom. The van der Waals surface area contributed by atoms with Gasteiger partial charge in [0.2, 0.25) is 0 Å². The fourth-order valence-electron chi connectivity index (χ4n) is 1.99. The van der Waals surface area contributed by atoms with Gasteiger partial charge in [-0.15, -0.1) is 0 Å². The van der Waals surface area contributed by atoms with E-state index >= 15 is 0 Å². The molecule has 4 nitrogen and oxygen atoms in total. The molecule has 0 aliphatic carbocycles. The first-order chi connectivity index (χ1) is 9.59. The summed E-state index contributed by atoms with van der Waals surface area (Å²) in [5, 5.41) is 11.0. The number of carboxylic acid groups (broad SMARTS) is 1. The molecule has 2 rings (SSSR count). The van der Waals surface area contributed by atoms with Gasteiger partial charge in [0.15, 0.2) is 0 Å². The minimum atomic E-state index is -0.990. The van der Waals surface area contributed by atoms with Gasteiger partial charge in [-0.1, -0.05) is 30.3 Å². The second kappa shape index (κ2) is 6.39. The summed E-state index contributed by atoms with van der Waals surface area (Å²) in [6.07, 6.45) is 0.130. The van der Waals surface area contributed by atoms with E-state index < -0.39 is 5.97 Å². The standard InChI is InChI=1S/C16H18O4/c1-11(2)19-9-10-20-15-13-6-4-3-5-12(13)7-8-14(15)16(17)18/h3-8,11H,9-10H2,1-2H3,(H,17,18). The lowest BCUT2D eigenvalue weighted by Gasteiger charge is -2.13. The molecule has 0 aliphatic rings. The van der Waals surface area contributed by atoms with E-state index in [1.807, 2.05) is 38.1 Å². The third-order valence-corrected chi connectivity index (χ3v) is 2.89. The van der Waals surface area contributed by atoms with Gasteiger partial charge in [0.1, 0.15) is 17.9 Å². The maximum atomic E-state index is 11.3. The summed E-state index contributed by atoms with van der Waals surface area (Å²) in [6, 6.07) is 10.9. The molecule has 20 heavy (non-hydrogen) atoms. The topological polar surface area (TPSA) is 55.8 Å². The molecular formula is C16H18O4. The number of aromatic carboxylic acids is 1. The molecule has 0 heterocycles. The Kier molecular flexibility index (Phi) is 4.58. The molecule has 0 atom stereocenters. The predicted octanol–water partition coefficient (Wildman–Crippen LogP) is 3.34. The number of fused-ring (bicyclic) bond motifs is 1. The molecule has 4 heteroatoms. The number of carboxylic acids is 1. The van der Waals surface area contributed by atoms with E-state index in [2.05, 4.69) is 0 Å². The fourth-order valence-corrected chi connectivity index (χ4v) is 1.99. The van der Waals surface area contributed by atoms with Crippen LogP contribution in [0.2, 0.25) is 0 Å². The summed E-state index contributed by atoms with van der Waals surface area (Å²) in [5.41, 5.74) is 0.174. The minimum Gasteiger partial charge on any atom is -0.490 e. The van der Waals surface area contributed by atoms with Crippen molar-refractivity contribution >= 4 is 16.7 Å². The maximum absolute atomic E-state index is 11.3. The van der Waals surface area contributed by atoms with Gasteiger partial charge in [-0.25, -0.2) is 4.79 Å². The molecule has 0 saturated carbocycles. The number of rotatable bonds is 6. The van der Waals surface area contributed by atoms with Crippen LogP contribution < -0.4 is 4.74 Å². The molecule has 1 N–H and O–H groups in total. The minimum absolute atomic E-state index is 0.130. The summed E-state index contributed by atoms with van der Waals surface area (Å²) in [7, 11) is 0. The maximum Gasteiger partial charge on any atom is 0.339 e. The summed E-state index contributed by atoms with van der Waals surface area (Å²) in [6.45, 7) is 4.65. The van der Waals surface area contributed by atoms with Crippen molar-refractivity contribution < 1.29 is 19.4 Å². The van der Waals surface area contributed by atoms with Crippen LogP contribution in [0.1, 0.15) is 24.2 Å². The molecule has 0 unspecified atom stereocenters. The Bertz CT molecular complexity index is 604. The first-order valence-corrected chi connectivity index (χ1v) is 6.59. The SMILES string of the molecule is CC(C)OCCOc1c(C(=O)O)ccc2ccccc12. The van der Waals surface area contributed by atoms with Gasteiger partial charge >= 0.3 is 5.97 Å². The van der Waals surface area contributed by atoms with E-state index in [1.165, 1.54) is 0 Å². The molecule has 2 aromatic rings. The van der Waals surface area contributed by atoms with Crippen LogP contribution in [0.25, 0.3) is 10.8 Å². The van der Waals surface area contributed by atoms with Gasteiger partial charge in [0, 0.05) is 5.39 Å². The molecule has 0 aromatic heterocycles. The number of hydrogen-bond acceptors (Lipinski definition) is 3. The molecule has 106 valence electrons. The molecule has 0 amide bonds. The Balaban J connectivity index is 2.28. The molecule has 0 fully saturated rings. The lowest BCUT2D eigenvalue weighted by Crippen LogP contribution is -2.13. The normalized spacial score (nSPS) is 10.9. The van der Waals surface area contributed by atoms with Crippen LogP contribution in [0.3, 0.4) is 0 Å². The third-order valence-electron chi connectivity index (χ3n) is 2.89. The zero-order valence-electron chi connectivity index (χ0n) is 11.6. The Morgan fingerprint density at radius 1 is 1.15 bits per heavy atom. The first kappa shape index (κ1) is 14.3. The first-order valence-electron chi connectivity index (χ1n) is 6.59. The van der Waals surface area contributed by atoms with Crippen molar-refractivity contribution in [2.75, 3.05) is 13.2 Å². The summed E-state index contributed by atoms with van der Waals surface area (Å²) < 4.78 is 11.1. The van der Waals surface area contributed by atoms with Crippen molar-refractivity contribution in [2.24, 2.45) is 0 Å². The zero-order chi connectivity index (χ0) is 14.5. The van der Waals surface area contributed by atoms with Gasteiger partial charge in [-0.05, 0) is 25.3 Å². The van der Waals surface area contributed by atoms with Crippen molar-refractivity contribution in [2.45, 2.75) is 20.0 Å². The molecule has 0 aliphatic heterocycles. The molecule has 0 saturated heterocycles. The largest absolute Gasteiger partial charge is 0.490 e. The lowest BCUT2D eigenvalue weighted by molar-refractivity contribution is 0.0542. The van der Waals surface area contributed by atoms with Crippen LogP contribution in [0.4, 0.5) is 0 Å². The highest BCUT2D eigenvalue weighted by atomic mass is 16.5. The van der Waals surface area contributed by atoms with Crippen molar-refractivity contribution in [1.29, 1.82) is 0 Å². The van der Waals surface area contributed by atoms with Crippen LogP contribution in [0, 0.1) is 0 Å². The smallest absolute Gasteiger partial charge is 0.339 e. The molecular weight excluding hydrogens is 256 g/mol. The van der Waals surface area contributed by atoms with E-state index in [9.17, 15) is 9.90 Å². The number of hydrogen-bond donors (Lipinski definition) is 1. The van der Waals surface area contributed by atoms with Gasteiger partial charge in [-0.3, -0.25) is 0 Å². The van der Waals surface area contributed by atoms with Crippen LogP contribution in [-0.4, -0.2) is 30.4 Å². The zero-order valence-corrected chi connectivity index (χ0v) is 11.6. The van der Waals surface area contributed by atoms with E-state index in [0.29, 0.717) is 19.0 Å². The van der Waals surface area contributed by atoms with Crippen molar-refractivity contribution in [1.82, 2.24) is 0 Å². The van der Waals surface area contributed by atoms with Gasteiger partial charge in [0.25, 0.3) is 0 Å². The van der Waals surface area contributed by atoms with E-state index in [0.717, 1.165) is 10.8 Å². The van der Waals surface area contributed by atoms with Crippen LogP contribution in [-0.2, 0) is 4.74 Å². The van der Waals surface area contributed by atoms with E-state index in [4.69, 9.17) is 9.47 Å². The fraction of sp³-hybridized carbons (Fsp3) is 0.312. The van der Waals surface area contributed by atoms with Gasteiger partial charge in [0.05, 0.1) is 12.7 Å². The quantitative estimate of drug-likeness (QED) is 0.821. The molecule has 0 bridgehead atoms. The molecule has 0 spiro atoms. The lowest BCUT2D eigenvalue weighted by atomic mass is 10.1. The third kappa shape index (κ3) is 3.27. The highest BCUT2D eigenvalue weighted by molar-refractivity contribution is 6.00. The second-order valence-corrected chi connectivity index (χ2v) is 4.74. The van der Waals surface area contributed by atoms with Crippen molar-refractivity contribution in [3.8, 4) is 5.75 Å².